The van der Waals surface area contributed by atoms with Gasteiger partial charge in [-0.05, 0) is 72.8 Å². The van der Waals surface area contributed by atoms with Crippen LogP contribution in [0.15, 0.2) is 72.8 Å². The molecule has 32 heavy (non-hydrogen) atoms. The van der Waals surface area contributed by atoms with Gasteiger partial charge in [-0.1, -0.05) is 26.2 Å². The molecule has 2 aliphatic rings. The fraction of sp³-hybridized carbons (Fsp3) is 0. The van der Waals surface area contributed by atoms with Crippen molar-refractivity contribution in [1.29, 1.82) is 0 Å². The summed E-state index contributed by atoms with van der Waals surface area (Å²) in [4.78, 5) is 16.0. The molecular formula is C26H18CuIN4. The molecule has 4 nitrogen and oxygen atoms in total. The number of halogens is 1. The number of nitrogens with zero attached hydrogens (tertiary/aromatic N) is 2. The van der Waals surface area contributed by atoms with Crippen LogP contribution in [0.5, 0.6) is 0 Å². The van der Waals surface area contributed by atoms with Crippen LogP contribution in [-0.4, -0.2) is 19.9 Å². The molecule has 5 heterocycles. The number of nitrogens with one attached hydrogen (secondary N) is 2. The van der Waals surface area contributed by atoms with Crippen molar-refractivity contribution >= 4 is 69.0 Å². The molecule has 8 bridgehead atoms. The Kier molecular flexibility index (Phi) is 7.05. The normalized spacial score (nSPS) is 11.4. The first-order chi connectivity index (χ1) is 15.2. The van der Waals surface area contributed by atoms with Crippen molar-refractivity contribution in [3.63, 3.8) is 0 Å². The van der Waals surface area contributed by atoms with Gasteiger partial charge in [0.2, 0.25) is 0 Å². The Bertz CT molecular complexity index is 1360. The molecule has 0 unspecified atom stereocenters. The molecule has 0 spiro atoms. The Morgan fingerprint density at radius 2 is 0.969 bits per heavy atom. The molecule has 160 valence electrons. The van der Waals surface area contributed by atoms with Crippen LogP contribution in [0.4, 0.5) is 0 Å². The third kappa shape index (κ3) is 5.65. The maximum Gasteiger partial charge on any atom is 1.00 e. The van der Waals surface area contributed by atoms with Crippen molar-refractivity contribution in [2.24, 2.45) is 0 Å². The van der Waals surface area contributed by atoms with Crippen LogP contribution in [0.25, 0.3) is 46.4 Å². The van der Waals surface area contributed by atoms with Gasteiger partial charge in [0.15, 0.2) is 0 Å². The molecule has 4 aromatic rings. The standard InChI is InChI=1S/C20H14N4.C6H4I.Cu/c1-2-14-10-16-5-6-18(23-16)12-20-8-7-19(24-20)11-17-4-3-15(22-17)9-13(1)21-14;7-6-4-2-1-3-5-6;/h1-12,21-22H;2-5H;/q;-1;+1. The molecule has 0 aliphatic carbocycles. The first-order valence-corrected chi connectivity index (χ1v) is 10.9. The molecule has 1 aromatic carbocycles. The first kappa shape index (κ1) is 22.3. The molecule has 2 N–H and O–H groups in total. The van der Waals surface area contributed by atoms with Gasteiger partial charge in [-0.15, -0.1) is 0 Å². The summed E-state index contributed by atoms with van der Waals surface area (Å²) in [5.41, 5.74) is 7.86. The fourth-order valence-electron chi connectivity index (χ4n) is 3.31. The number of rotatable bonds is 0. The van der Waals surface area contributed by atoms with Crippen LogP contribution in [0.3, 0.4) is 0 Å². The zero-order valence-electron chi connectivity index (χ0n) is 16.8. The third-order valence-corrected chi connectivity index (χ3v) is 5.44. The van der Waals surface area contributed by atoms with Crippen molar-refractivity contribution in [3.8, 4) is 0 Å². The maximum atomic E-state index is 4.62. The number of aromatic nitrogens is 4. The fourth-order valence-corrected chi connectivity index (χ4v) is 3.67. The molecular weight excluding hydrogens is 559 g/mol. The number of H-pyrrole nitrogens is 2. The predicted molar refractivity (Wildman–Crippen MR) is 137 cm³/mol. The van der Waals surface area contributed by atoms with E-state index in [1.807, 2.05) is 66.8 Å². The van der Waals surface area contributed by atoms with E-state index in [1.54, 1.807) is 0 Å². The van der Waals surface area contributed by atoms with Crippen LogP contribution in [0, 0.1) is 9.64 Å². The quantitative estimate of drug-likeness (QED) is 0.119. The van der Waals surface area contributed by atoms with Crippen LogP contribution < -0.4 is 0 Å². The van der Waals surface area contributed by atoms with E-state index in [9.17, 15) is 0 Å². The monoisotopic (exact) mass is 576 g/mol. The smallest absolute Gasteiger partial charge is 0.355 e. The van der Waals surface area contributed by atoms with E-state index in [2.05, 4.69) is 78.9 Å². The molecule has 2 aliphatic heterocycles. The second-order valence-electron chi connectivity index (χ2n) is 7.12. The second-order valence-corrected chi connectivity index (χ2v) is 8.37. The van der Waals surface area contributed by atoms with Crippen molar-refractivity contribution in [3.05, 3.63) is 105 Å². The topological polar surface area (TPSA) is 57.4 Å². The van der Waals surface area contributed by atoms with Crippen molar-refractivity contribution < 1.29 is 17.1 Å². The Morgan fingerprint density at radius 1 is 0.562 bits per heavy atom. The average Bonchev–Trinajstić information content (AvgIpc) is 3.55. The summed E-state index contributed by atoms with van der Waals surface area (Å²) in [5, 5.41) is 0. The van der Waals surface area contributed by atoms with Gasteiger partial charge in [0.25, 0.3) is 0 Å². The zero-order valence-corrected chi connectivity index (χ0v) is 19.9. The van der Waals surface area contributed by atoms with Crippen molar-refractivity contribution in [2.75, 3.05) is 0 Å². The Hall–Kier alpha value is -2.93. The summed E-state index contributed by atoms with van der Waals surface area (Å²) in [6, 6.07) is 27.2. The van der Waals surface area contributed by atoms with E-state index in [4.69, 9.17) is 0 Å². The van der Waals surface area contributed by atoms with Gasteiger partial charge in [-0.25, -0.2) is 9.97 Å². The van der Waals surface area contributed by atoms with E-state index in [1.165, 1.54) is 3.57 Å². The molecule has 6 rings (SSSR count). The molecule has 0 saturated heterocycles. The van der Waals surface area contributed by atoms with E-state index < -0.39 is 0 Å². The third-order valence-electron chi connectivity index (χ3n) is 4.72. The summed E-state index contributed by atoms with van der Waals surface area (Å²) in [6.07, 6.45) is 8.05. The largest absolute Gasteiger partial charge is 1.00 e. The molecule has 0 radical (unpaired) electrons. The summed E-state index contributed by atoms with van der Waals surface area (Å²) in [5.74, 6) is 0. The number of hydrogen-bond donors (Lipinski definition) is 2. The molecule has 0 fully saturated rings. The average molecular weight is 577 g/mol. The van der Waals surface area contributed by atoms with E-state index in [0.29, 0.717) is 0 Å². The van der Waals surface area contributed by atoms with Crippen LogP contribution in [0.1, 0.15) is 22.8 Å². The van der Waals surface area contributed by atoms with Crippen LogP contribution in [-0.2, 0) is 17.1 Å². The Morgan fingerprint density at radius 3 is 1.38 bits per heavy atom. The first-order valence-electron chi connectivity index (χ1n) is 9.86. The zero-order chi connectivity index (χ0) is 21.0. The number of hydrogen-bond acceptors (Lipinski definition) is 2. The van der Waals surface area contributed by atoms with Crippen LogP contribution in [0.2, 0.25) is 0 Å². The van der Waals surface area contributed by atoms with Gasteiger partial charge in [-0.3, -0.25) is 0 Å². The van der Waals surface area contributed by atoms with E-state index in [0.717, 1.165) is 44.8 Å². The van der Waals surface area contributed by atoms with Gasteiger partial charge in [0, 0.05) is 22.1 Å². The Balaban J connectivity index is 0.000000265. The SMILES string of the molecule is C1=Cc2cc3ccc(cc4ccc(cc5nc(cc1n2)C=C5)[nH]4)[nH]3.Ic1cc[c-]cc1.[Cu+]. The van der Waals surface area contributed by atoms with Gasteiger partial charge in [-0.2, -0.15) is 30.3 Å². The maximum absolute atomic E-state index is 4.62. The Labute approximate surface area is 210 Å². The molecule has 6 heteroatoms. The summed E-state index contributed by atoms with van der Waals surface area (Å²) >= 11 is 2.26. The number of aromatic amines is 2. The van der Waals surface area contributed by atoms with Crippen molar-refractivity contribution in [2.45, 2.75) is 0 Å². The van der Waals surface area contributed by atoms with Gasteiger partial charge < -0.3 is 9.97 Å². The molecule has 0 saturated carbocycles. The number of benzene rings is 1. The van der Waals surface area contributed by atoms with Gasteiger partial charge in [0.05, 0.1) is 22.8 Å². The van der Waals surface area contributed by atoms with Gasteiger partial charge >= 0.3 is 17.1 Å². The van der Waals surface area contributed by atoms with Gasteiger partial charge in [0.1, 0.15) is 0 Å². The van der Waals surface area contributed by atoms with Crippen LogP contribution >= 0.6 is 22.6 Å². The molecule has 0 atom stereocenters. The molecule has 3 aromatic heterocycles. The minimum Gasteiger partial charge on any atom is -0.355 e. The minimum absolute atomic E-state index is 0. The number of fused-ring (bicyclic) bond motifs is 8. The summed E-state index contributed by atoms with van der Waals surface area (Å²) in [7, 11) is 0. The summed E-state index contributed by atoms with van der Waals surface area (Å²) in [6.45, 7) is 0. The van der Waals surface area contributed by atoms with E-state index >= 15 is 0 Å². The second kappa shape index (κ2) is 10.1. The summed E-state index contributed by atoms with van der Waals surface area (Å²) < 4.78 is 1.26. The van der Waals surface area contributed by atoms with E-state index in [-0.39, 0.29) is 17.1 Å². The molecule has 0 amide bonds. The predicted octanol–water partition coefficient (Wildman–Crippen LogP) is 6.74. The van der Waals surface area contributed by atoms with Crippen molar-refractivity contribution in [1.82, 2.24) is 19.9 Å². The minimum atomic E-state index is 0.